The van der Waals surface area contributed by atoms with E-state index in [1.807, 2.05) is 23.3 Å². The second kappa shape index (κ2) is 6.87. The average molecular weight is 279 g/mol. The van der Waals surface area contributed by atoms with Gasteiger partial charge in [0.1, 0.15) is 0 Å². The van der Waals surface area contributed by atoms with Crippen LogP contribution in [0.1, 0.15) is 36.1 Å². The summed E-state index contributed by atoms with van der Waals surface area (Å²) >= 11 is 1.64. The highest BCUT2D eigenvalue weighted by Gasteiger charge is 2.23. The lowest BCUT2D eigenvalue weighted by Crippen LogP contribution is -2.41. The van der Waals surface area contributed by atoms with Crippen LogP contribution in [0.3, 0.4) is 0 Å². The number of aliphatic hydroxyl groups is 1. The van der Waals surface area contributed by atoms with Gasteiger partial charge in [-0.25, -0.2) is 0 Å². The number of aliphatic hydroxyl groups excluding tert-OH is 1. The molecule has 4 heteroatoms. The van der Waals surface area contributed by atoms with E-state index in [0.717, 1.165) is 37.1 Å². The van der Waals surface area contributed by atoms with Crippen LogP contribution in [0.2, 0.25) is 0 Å². The first kappa shape index (κ1) is 14.3. The molecule has 1 aliphatic rings. The van der Waals surface area contributed by atoms with Crippen LogP contribution < -0.4 is 0 Å². The van der Waals surface area contributed by atoms with Crippen molar-refractivity contribution in [2.45, 2.75) is 38.6 Å². The molecule has 1 unspecified atom stereocenters. The minimum absolute atomic E-state index is 0.0101. The number of nitrogens with zero attached hydrogens (tertiary/aromatic N) is 1. The summed E-state index contributed by atoms with van der Waals surface area (Å²) in [4.78, 5) is 15.2. The van der Waals surface area contributed by atoms with E-state index in [1.54, 1.807) is 17.4 Å². The highest BCUT2D eigenvalue weighted by Crippen LogP contribution is 2.19. The van der Waals surface area contributed by atoms with E-state index in [-0.39, 0.29) is 18.6 Å². The Morgan fingerprint density at radius 1 is 1.53 bits per heavy atom. The standard InChI is InChI=1S/C15H21NO2S/c1-12-8-10-19-14(12)6-7-15(18)16-9-4-2-3-5-13(16)11-17/h6-8,10,13,17H,2-5,9,11H2,1H3/b7-6+. The SMILES string of the molecule is Cc1ccsc1/C=C/C(=O)N1CCCCCC1CO. The molecule has 1 N–H and O–H groups in total. The van der Waals surface area contributed by atoms with Crippen molar-refractivity contribution in [2.24, 2.45) is 0 Å². The topological polar surface area (TPSA) is 40.5 Å². The molecule has 3 nitrogen and oxygen atoms in total. The van der Waals surface area contributed by atoms with E-state index in [9.17, 15) is 9.90 Å². The summed E-state index contributed by atoms with van der Waals surface area (Å²) in [6.45, 7) is 2.87. The third-order valence-electron chi connectivity index (χ3n) is 3.65. The quantitative estimate of drug-likeness (QED) is 0.864. The Labute approximate surface area is 118 Å². The van der Waals surface area contributed by atoms with Gasteiger partial charge < -0.3 is 10.0 Å². The summed E-state index contributed by atoms with van der Waals surface area (Å²) in [5.41, 5.74) is 1.20. The lowest BCUT2D eigenvalue weighted by Gasteiger charge is -2.27. The fraction of sp³-hybridized carbons (Fsp3) is 0.533. The molecule has 1 aromatic rings. The van der Waals surface area contributed by atoms with Crippen LogP contribution in [0.25, 0.3) is 6.08 Å². The smallest absolute Gasteiger partial charge is 0.246 e. The van der Waals surface area contributed by atoms with Gasteiger partial charge in [0.15, 0.2) is 0 Å². The van der Waals surface area contributed by atoms with Gasteiger partial charge in [-0.2, -0.15) is 0 Å². The molecule has 0 bridgehead atoms. The third-order valence-corrected chi connectivity index (χ3v) is 4.63. The predicted molar refractivity (Wildman–Crippen MR) is 79.1 cm³/mol. The molecule has 2 heterocycles. The Bertz CT molecular complexity index is 453. The van der Waals surface area contributed by atoms with E-state index in [2.05, 4.69) is 6.07 Å². The largest absolute Gasteiger partial charge is 0.394 e. The summed E-state index contributed by atoms with van der Waals surface area (Å²) < 4.78 is 0. The Balaban J connectivity index is 2.05. The first-order valence-corrected chi connectivity index (χ1v) is 7.74. The van der Waals surface area contributed by atoms with Crippen LogP contribution >= 0.6 is 11.3 Å². The highest BCUT2D eigenvalue weighted by atomic mass is 32.1. The fourth-order valence-corrected chi connectivity index (χ4v) is 3.27. The van der Waals surface area contributed by atoms with Crippen LogP contribution in [0.15, 0.2) is 17.5 Å². The molecule has 1 aliphatic heterocycles. The number of hydrogen-bond acceptors (Lipinski definition) is 3. The van der Waals surface area contributed by atoms with Crippen LogP contribution in [0.4, 0.5) is 0 Å². The fourth-order valence-electron chi connectivity index (χ4n) is 2.46. The monoisotopic (exact) mass is 279 g/mol. The van der Waals surface area contributed by atoms with Gasteiger partial charge in [0.25, 0.3) is 0 Å². The van der Waals surface area contributed by atoms with Gasteiger partial charge in [0, 0.05) is 17.5 Å². The van der Waals surface area contributed by atoms with Crippen LogP contribution in [-0.4, -0.2) is 35.1 Å². The van der Waals surface area contributed by atoms with E-state index in [0.29, 0.717) is 0 Å². The molecule has 0 aromatic carbocycles. The molecule has 1 fully saturated rings. The zero-order valence-electron chi connectivity index (χ0n) is 11.3. The lowest BCUT2D eigenvalue weighted by molar-refractivity contribution is -0.129. The van der Waals surface area contributed by atoms with Crippen molar-refractivity contribution < 1.29 is 9.90 Å². The molecule has 0 spiro atoms. The molecule has 2 rings (SSSR count). The molecular formula is C15H21NO2S. The average Bonchev–Trinajstić information content (AvgIpc) is 2.68. The van der Waals surface area contributed by atoms with Gasteiger partial charge in [0.2, 0.25) is 5.91 Å². The summed E-state index contributed by atoms with van der Waals surface area (Å²) in [7, 11) is 0. The molecule has 0 aliphatic carbocycles. The Morgan fingerprint density at radius 2 is 2.37 bits per heavy atom. The van der Waals surface area contributed by atoms with Crippen molar-refractivity contribution in [3.8, 4) is 0 Å². The molecule has 1 saturated heterocycles. The van der Waals surface area contributed by atoms with Crippen molar-refractivity contribution in [3.63, 3.8) is 0 Å². The van der Waals surface area contributed by atoms with Gasteiger partial charge in [-0.05, 0) is 42.9 Å². The highest BCUT2D eigenvalue weighted by molar-refractivity contribution is 7.11. The number of rotatable bonds is 3. The Morgan fingerprint density at radius 3 is 3.05 bits per heavy atom. The molecule has 19 heavy (non-hydrogen) atoms. The molecule has 1 atom stereocenters. The molecule has 104 valence electrons. The first-order valence-electron chi connectivity index (χ1n) is 6.86. The number of thiophene rings is 1. The first-order chi connectivity index (χ1) is 9.22. The van der Waals surface area contributed by atoms with Gasteiger partial charge in [-0.15, -0.1) is 11.3 Å². The number of hydrogen-bond donors (Lipinski definition) is 1. The molecule has 0 saturated carbocycles. The van der Waals surface area contributed by atoms with Gasteiger partial charge in [-0.1, -0.05) is 12.8 Å². The molecule has 1 aromatic heterocycles. The molecule has 1 amide bonds. The second-order valence-electron chi connectivity index (χ2n) is 5.02. The number of carbonyl (C=O) groups is 1. The zero-order chi connectivity index (χ0) is 13.7. The van der Waals surface area contributed by atoms with Gasteiger partial charge in [0.05, 0.1) is 12.6 Å². The van der Waals surface area contributed by atoms with E-state index < -0.39 is 0 Å². The zero-order valence-corrected chi connectivity index (χ0v) is 12.2. The van der Waals surface area contributed by atoms with Crippen LogP contribution in [0.5, 0.6) is 0 Å². The Hall–Kier alpha value is -1.13. The predicted octanol–water partition coefficient (Wildman–Crippen LogP) is 2.83. The summed E-state index contributed by atoms with van der Waals surface area (Å²) in [5.74, 6) is 0.0220. The lowest BCUT2D eigenvalue weighted by atomic mass is 10.1. The maximum absolute atomic E-state index is 12.3. The minimum Gasteiger partial charge on any atom is -0.394 e. The maximum atomic E-state index is 12.3. The normalized spacial score (nSPS) is 20.7. The molecule has 0 radical (unpaired) electrons. The Kier molecular flexibility index (Phi) is 5.16. The van der Waals surface area contributed by atoms with Crippen LogP contribution in [0, 0.1) is 6.92 Å². The van der Waals surface area contributed by atoms with Crippen molar-refractivity contribution in [1.29, 1.82) is 0 Å². The van der Waals surface area contributed by atoms with Crippen molar-refractivity contribution >= 4 is 23.3 Å². The minimum atomic E-state index is -0.0101. The summed E-state index contributed by atoms with van der Waals surface area (Å²) in [6.07, 6.45) is 7.73. The molecular weight excluding hydrogens is 258 g/mol. The van der Waals surface area contributed by atoms with Crippen LogP contribution in [-0.2, 0) is 4.79 Å². The second-order valence-corrected chi connectivity index (χ2v) is 5.97. The van der Waals surface area contributed by atoms with Crippen molar-refractivity contribution in [2.75, 3.05) is 13.2 Å². The number of carbonyl (C=O) groups excluding carboxylic acids is 1. The van der Waals surface area contributed by atoms with Gasteiger partial charge >= 0.3 is 0 Å². The third kappa shape index (κ3) is 3.67. The van der Waals surface area contributed by atoms with Gasteiger partial charge in [-0.3, -0.25) is 4.79 Å². The van der Waals surface area contributed by atoms with Crippen molar-refractivity contribution in [1.82, 2.24) is 4.90 Å². The number of likely N-dealkylation sites (tertiary alicyclic amines) is 1. The van der Waals surface area contributed by atoms with E-state index in [1.165, 1.54) is 5.56 Å². The number of amides is 1. The summed E-state index contributed by atoms with van der Waals surface area (Å²) in [5, 5.41) is 11.4. The van der Waals surface area contributed by atoms with Crippen molar-refractivity contribution in [3.05, 3.63) is 28.0 Å². The van der Waals surface area contributed by atoms with E-state index >= 15 is 0 Å². The maximum Gasteiger partial charge on any atom is 0.246 e. The van der Waals surface area contributed by atoms with E-state index in [4.69, 9.17) is 0 Å². The summed E-state index contributed by atoms with van der Waals surface area (Å²) in [6, 6.07) is 2.04. The number of aryl methyl sites for hydroxylation is 1.